The van der Waals surface area contributed by atoms with E-state index < -0.39 is 31.3 Å². The predicted octanol–water partition coefficient (Wildman–Crippen LogP) is 28.4. The van der Waals surface area contributed by atoms with Gasteiger partial charge in [0.05, 0.1) is 68.4 Å². The summed E-state index contributed by atoms with van der Waals surface area (Å²) in [6.07, 6.45) is 0. The number of alkyl halides is 6. The Bertz CT molecular complexity index is 5260. The number of hydrogen-bond acceptors (Lipinski definition) is 12. The van der Waals surface area contributed by atoms with Gasteiger partial charge < -0.3 is 9.11 Å². The molecule has 10 aromatic rings. The van der Waals surface area contributed by atoms with Crippen LogP contribution in [0, 0.1) is 35.5 Å². The minimum absolute atomic E-state index is 0. The van der Waals surface area contributed by atoms with Crippen LogP contribution in [0.3, 0.4) is 0 Å². The molecule has 0 unspecified atom stereocenters. The second-order valence-electron chi connectivity index (χ2n) is 38.3. The van der Waals surface area contributed by atoms with E-state index in [9.17, 15) is 26.3 Å². The number of halogens is 6. The van der Waals surface area contributed by atoms with Crippen molar-refractivity contribution in [1.82, 2.24) is 9.97 Å². The Morgan fingerprint density at radius 1 is 0.254 bits per heavy atom. The van der Waals surface area contributed by atoms with Gasteiger partial charge in [0.1, 0.15) is 0 Å². The summed E-state index contributed by atoms with van der Waals surface area (Å²) in [6, 6.07) is 81.3. The first kappa shape index (κ1) is 116. The van der Waals surface area contributed by atoms with Gasteiger partial charge >= 0.3 is 55.8 Å². The maximum absolute atomic E-state index is 10.7. The van der Waals surface area contributed by atoms with Crippen LogP contribution in [0.5, 0.6) is 0 Å². The number of nitrogens with zero attached hydrogens (tertiary/aromatic N) is 6. The normalized spacial score (nSPS) is 12.4. The predicted molar refractivity (Wildman–Crippen MR) is 520 cm³/mol. The van der Waals surface area contributed by atoms with Gasteiger partial charge in [-0.25, -0.2) is 46.8 Å². The second kappa shape index (κ2) is 49.2. The summed E-state index contributed by atoms with van der Waals surface area (Å²) in [4.78, 5) is 32.8. The van der Waals surface area contributed by atoms with Crippen LogP contribution in [0.1, 0.15) is 297 Å². The summed E-state index contributed by atoms with van der Waals surface area (Å²) in [7, 11) is -12.2. The molecule has 0 aliphatic heterocycles. The van der Waals surface area contributed by atoms with Gasteiger partial charge in [-0.1, -0.05) is 348 Å². The van der Waals surface area contributed by atoms with Crippen molar-refractivity contribution in [2.75, 3.05) is 0 Å². The molecule has 0 amide bonds. The van der Waals surface area contributed by atoms with Crippen molar-refractivity contribution < 1.29 is 97.0 Å². The van der Waals surface area contributed by atoms with E-state index in [2.05, 4.69) is 408 Å². The van der Waals surface area contributed by atoms with E-state index >= 15 is 0 Å². The van der Waals surface area contributed by atoms with Gasteiger partial charge in [-0.3, -0.25) is 0 Å². The van der Waals surface area contributed by atoms with Crippen molar-refractivity contribution >= 4 is 65.8 Å². The number of aromatic nitrogens is 2. The molecule has 0 atom stereocenters. The van der Waals surface area contributed by atoms with Crippen molar-refractivity contribution in [3.63, 3.8) is 0 Å². The number of rotatable bonds is 12. The number of aliphatic imine (C=N–C) groups is 4. The van der Waals surface area contributed by atoms with E-state index in [1.807, 2.05) is 65.8 Å². The van der Waals surface area contributed by atoms with E-state index in [1.54, 1.807) is 0 Å². The van der Waals surface area contributed by atoms with Gasteiger partial charge in [0.15, 0.2) is 20.2 Å². The SMILES string of the molecule is CC#CC.CC#CC.CC#CC.CC(C)(C)c1ccc(C(C)(C)C)c(N=C(c2ccccc2)c2cccc(C(=Nc3cc(C(C)(C)C)ccc3C(C)(C)C)c3ccccc3)n2)c1.CC(C)(C)c1ccc(C(C)(C)C)c(N=C(c2ccccc2)c2cccc(C(=Nc3cc(C(C)(C)C)ccc3C(C)(C)C)c3ccccc3)n2)c1.O=S(=O)([O-])C(F)(F)F.O=S(=O)([O-])C(F)(F)F.[Ag+].[Ag+]. The van der Waals surface area contributed by atoms with Crippen LogP contribution in [-0.4, -0.2) is 69.8 Å². The monoisotopic (exact) mass is 2000 g/mol. The fourth-order valence-corrected chi connectivity index (χ4v) is 12.2. The molecule has 0 fully saturated rings. The second-order valence-corrected chi connectivity index (χ2v) is 41.1. The van der Waals surface area contributed by atoms with Crippen LogP contribution >= 0.6 is 0 Å². The van der Waals surface area contributed by atoms with Crippen LogP contribution in [0.4, 0.5) is 49.1 Å². The average molecular weight is 2000 g/mol. The zero-order valence-corrected chi connectivity index (χ0v) is 85.4. The third-order valence-corrected chi connectivity index (χ3v) is 20.7. The fourth-order valence-electron chi connectivity index (χ4n) is 12.2. The van der Waals surface area contributed by atoms with Crippen molar-refractivity contribution in [3.05, 3.63) is 320 Å². The average Bonchev–Trinajstić information content (AvgIpc) is 0.764. The minimum atomic E-state index is -6.09. The van der Waals surface area contributed by atoms with Gasteiger partial charge in [0, 0.05) is 22.3 Å². The summed E-state index contributed by atoms with van der Waals surface area (Å²) < 4.78 is 118. The summed E-state index contributed by atoms with van der Waals surface area (Å²) in [6.45, 7) is 65.0. The molecule has 130 heavy (non-hydrogen) atoms. The first-order valence-corrected chi connectivity index (χ1v) is 44.9. The third-order valence-electron chi connectivity index (χ3n) is 19.6. The van der Waals surface area contributed by atoms with Gasteiger partial charge in [-0.15, -0.1) is 35.5 Å². The van der Waals surface area contributed by atoms with E-state index in [-0.39, 0.29) is 88.1 Å². The summed E-state index contributed by atoms with van der Waals surface area (Å²) >= 11 is 0. The number of hydrogen-bond donors (Lipinski definition) is 0. The van der Waals surface area contributed by atoms with Crippen LogP contribution in [0.15, 0.2) is 250 Å². The van der Waals surface area contributed by atoms with Crippen molar-refractivity contribution in [3.8, 4) is 35.5 Å². The molecule has 0 spiro atoms. The minimum Gasteiger partial charge on any atom is -0.741 e. The van der Waals surface area contributed by atoms with Crippen molar-refractivity contribution in [1.29, 1.82) is 0 Å². The Kier molecular flexibility index (Phi) is 44.0. The van der Waals surface area contributed by atoms with Crippen molar-refractivity contribution in [2.45, 2.75) is 262 Å². The third kappa shape index (κ3) is 36.5. The summed E-state index contributed by atoms with van der Waals surface area (Å²) in [5, 5.41) is 0. The Morgan fingerprint density at radius 3 is 0.531 bits per heavy atom. The first-order valence-electron chi connectivity index (χ1n) is 42.1. The van der Waals surface area contributed by atoms with E-state index in [1.165, 1.54) is 44.5 Å². The molecule has 702 valence electrons. The van der Waals surface area contributed by atoms with E-state index in [0.717, 1.165) is 90.6 Å². The molecule has 2 aromatic heterocycles. The molecule has 8 aromatic carbocycles. The first-order chi connectivity index (χ1) is 58.9. The van der Waals surface area contributed by atoms with Gasteiger partial charge in [-0.05, 0) is 178 Å². The summed E-state index contributed by atoms with van der Waals surface area (Å²) in [5.74, 6) is 16.1. The maximum Gasteiger partial charge on any atom is 1.00 e. The largest absolute Gasteiger partial charge is 1.00 e. The molecule has 12 nitrogen and oxygen atoms in total. The molecule has 0 saturated carbocycles. The molecule has 10 rings (SSSR count). The van der Waals surface area contributed by atoms with Gasteiger partial charge in [0.25, 0.3) is 0 Å². The standard InChI is InChI=1S/2C47H55N3.3C4H6.2CHF3O3S.2Ag/c2*1-44(2,3)34-26-28-36(46(7,8)9)40(30-34)49-42(32-20-15-13-16-21-32)38-24-19-25-39(48-38)43(33-22-17-14-18-23-33)50-41-31-35(45(4,5)6)27-29-37(41)47(10,11)12;3*1-3-4-2;2*2-1(3,4)8(5,6)7;;/h2*13-31H,1-12H3;3*1-2H3;2*(H,5,6,7);;/q;;;;;;;2*+1/p-2. The van der Waals surface area contributed by atoms with Crippen molar-refractivity contribution in [2.24, 2.45) is 20.0 Å². The van der Waals surface area contributed by atoms with Crippen LogP contribution < -0.4 is 0 Å². The molecule has 0 saturated heterocycles. The molecule has 22 heteroatoms. The zero-order chi connectivity index (χ0) is 97.2. The molecule has 0 aliphatic carbocycles. The Morgan fingerprint density at radius 2 is 0.408 bits per heavy atom. The molecule has 0 radical (unpaired) electrons. The molecular formula is C108H128Ag2F6N6O6S2. The molecule has 0 bridgehead atoms. The molecule has 0 N–H and O–H groups in total. The van der Waals surface area contributed by atoms with Gasteiger partial charge in [-0.2, -0.15) is 26.3 Å². The number of pyridine rings is 2. The van der Waals surface area contributed by atoms with Crippen LogP contribution in [0.2, 0.25) is 0 Å². The van der Waals surface area contributed by atoms with E-state index in [4.69, 9.17) is 55.9 Å². The Hall–Kier alpha value is -9.70. The molecule has 2 heterocycles. The smallest absolute Gasteiger partial charge is 0.741 e. The van der Waals surface area contributed by atoms with Crippen LogP contribution in [0.25, 0.3) is 0 Å². The fraction of sp³-hybridized carbons (Fsp3) is 0.370. The maximum atomic E-state index is 10.7. The summed E-state index contributed by atoms with van der Waals surface area (Å²) in [5.41, 5.74) is 12.6. The van der Waals surface area contributed by atoms with Gasteiger partial charge in [0.2, 0.25) is 0 Å². The number of benzene rings is 8. The Balaban J connectivity index is 0.000000671. The topological polar surface area (TPSA) is 190 Å². The zero-order valence-electron chi connectivity index (χ0n) is 80.8. The van der Waals surface area contributed by atoms with E-state index in [0.29, 0.717) is 0 Å². The Labute approximate surface area is 804 Å². The van der Waals surface area contributed by atoms with Crippen LogP contribution in [-0.2, 0) is 108 Å². The molecule has 0 aliphatic rings. The quantitative estimate of drug-likeness (QED) is 0.0288. The molecular weight excluding hydrogens is 1870 g/mol.